The van der Waals surface area contributed by atoms with Gasteiger partial charge in [0.25, 0.3) is 5.56 Å². The molecule has 4 heteroatoms. The third-order valence-corrected chi connectivity index (χ3v) is 4.34. The Bertz CT molecular complexity index is 943. The summed E-state index contributed by atoms with van der Waals surface area (Å²) >= 11 is 0. The van der Waals surface area contributed by atoms with Gasteiger partial charge in [0.2, 0.25) is 5.91 Å². The van der Waals surface area contributed by atoms with Gasteiger partial charge in [-0.25, -0.2) is 0 Å². The molecule has 0 atom stereocenters. The average molecular weight is 320 g/mol. The second kappa shape index (κ2) is 6.71. The minimum atomic E-state index is -0.0902. The number of hydrogen-bond acceptors (Lipinski definition) is 2. The van der Waals surface area contributed by atoms with Crippen molar-refractivity contribution in [3.05, 3.63) is 75.6 Å². The van der Waals surface area contributed by atoms with Crippen molar-refractivity contribution in [1.29, 1.82) is 0 Å². The predicted octanol–water partition coefficient (Wildman–Crippen LogP) is 3.72. The van der Waals surface area contributed by atoms with Gasteiger partial charge in [0.05, 0.1) is 5.52 Å². The van der Waals surface area contributed by atoms with Gasteiger partial charge in [0.15, 0.2) is 0 Å². The Morgan fingerprint density at radius 2 is 1.79 bits per heavy atom. The van der Waals surface area contributed by atoms with Crippen LogP contribution in [0.25, 0.3) is 10.9 Å². The molecule has 1 aromatic heterocycles. The number of amides is 1. The zero-order valence-electron chi connectivity index (χ0n) is 13.8. The van der Waals surface area contributed by atoms with Crippen molar-refractivity contribution in [1.82, 2.24) is 4.98 Å². The van der Waals surface area contributed by atoms with Crippen molar-refractivity contribution in [2.45, 2.75) is 26.7 Å². The van der Waals surface area contributed by atoms with Crippen molar-refractivity contribution in [2.75, 3.05) is 5.32 Å². The van der Waals surface area contributed by atoms with E-state index in [0.29, 0.717) is 18.5 Å². The monoisotopic (exact) mass is 320 g/mol. The van der Waals surface area contributed by atoms with E-state index in [9.17, 15) is 9.59 Å². The molecule has 3 aromatic rings. The normalized spacial score (nSPS) is 10.8. The van der Waals surface area contributed by atoms with E-state index in [4.69, 9.17) is 0 Å². The topological polar surface area (TPSA) is 62.0 Å². The number of aromatic nitrogens is 1. The van der Waals surface area contributed by atoms with E-state index in [1.807, 2.05) is 62.4 Å². The van der Waals surface area contributed by atoms with Crippen LogP contribution in [0.2, 0.25) is 0 Å². The van der Waals surface area contributed by atoms with Crippen LogP contribution in [0.5, 0.6) is 0 Å². The molecular formula is C20H20N2O2. The molecule has 0 saturated carbocycles. The number of anilines is 1. The Morgan fingerprint density at radius 3 is 2.54 bits per heavy atom. The van der Waals surface area contributed by atoms with E-state index >= 15 is 0 Å². The third kappa shape index (κ3) is 3.38. The quantitative estimate of drug-likeness (QED) is 0.769. The summed E-state index contributed by atoms with van der Waals surface area (Å²) in [5.41, 5.74) is 4.18. The molecule has 3 rings (SSSR count). The van der Waals surface area contributed by atoms with Crippen LogP contribution in [-0.2, 0) is 11.2 Å². The molecule has 0 bridgehead atoms. The molecule has 0 aliphatic rings. The minimum absolute atomic E-state index is 0.0376. The van der Waals surface area contributed by atoms with Crippen LogP contribution in [0.15, 0.2) is 53.3 Å². The largest absolute Gasteiger partial charge is 0.326 e. The van der Waals surface area contributed by atoms with Gasteiger partial charge in [-0.2, -0.15) is 0 Å². The van der Waals surface area contributed by atoms with Crippen molar-refractivity contribution >= 4 is 22.5 Å². The van der Waals surface area contributed by atoms with Crippen molar-refractivity contribution in [3.63, 3.8) is 0 Å². The van der Waals surface area contributed by atoms with Crippen LogP contribution in [0, 0.1) is 13.8 Å². The highest BCUT2D eigenvalue weighted by Crippen LogP contribution is 2.21. The molecule has 0 radical (unpaired) electrons. The number of carbonyl (C=O) groups excluding carboxylic acids is 1. The number of rotatable bonds is 4. The SMILES string of the molecule is Cc1c(C)c2ccc(NC(=O)CCc3ccccc3)cc2[nH]c1=O. The highest BCUT2D eigenvalue weighted by Gasteiger charge is 2.08. The molecule has 2 aromatic carbocycles. The first-order valence-electron chi connectivity index (χ1n) is 8.01. The molecule has 4 nitrogen and oxygen atoms in total. The zero-order valence-corrected chi connectivity index (χ0v) is 13.8. The lowest BCUT2D eigenvalue weighted by atomic mass is 10.1. The summed E-state index contributed by atoms with van der Waals surface area (Å²) in [6, 6.07) is 15.5. The van der Waals surface area contributed by atoms with E-state index < -0.39 is 0 Å². The number of aromatic amines is 1. The number of aryl methyl sites for hydroxylation is 2. The fourth-order valence-electron chi connectivity index (χ4n) is 2.77. The predicted molar refractivity (Wildman–Crippen MR) is 97.4 cm³/mol. The number of hydrogen-bond donors (Lipinski definition) is 2. The van der Waals surface area contributed by atoms with E-state index in [1.165, 1.54) is 0 Å². The van der Waals surface area contributed by atoms with Crippen molar-refractivity contribution in [2.24, 2.45) is 0 Å². The average Bonchev–Trinajstić information content (AvgIpc) is 2.59. The lowest BCUT2D eigenvalue weighted by Crippen LogP contribution is -2.14. The molecule has 0 aliphatic heterocycles. The fourth-order valence-corrected chi connectivity index (χ4v) is 2.77. The second-order valence-electron chi connectivity index (χ2n) is 6.00. The molecule has 0 aliphatic carbocycles. The van der Waals surface area contributed by atoms with Crippen molar-refractivity contribution in [3.8, 4) is 0 Å². The molecule has 0 fully saturated rings. The number of nitrogens with one attached hydrogen (secondary N) is 2. The number of benzene rings is 2. The van der Waals surface area contributed by atoms with Crippen LogP contribution >= 0.6 is 0 Å². The summed E-state index contributed by atoms with van der Waals surface area (Å²) in [5, 5.41) is 3.89. The van der Waals surface area contributed by atoms with Gasteiger partial charge in [-0.1, -0.05) is 36.4 Å². The molecular weight excluding hydrogens is 300 g/mol. The molecule has 0 spiro atoms. The van der Waals surface area contributed by atoms with Gasteiger partial charge in [-0.05, 0) is 43.5 Å². The van der Waals surface area contributed by atoms with Crippen molar-refractivity contribution < 1.29 is 4.79 Å². The molecule has 2 N–H and O–H groups in total. The van der Waals surface area contributed by atoms with Gasteiger partial charge in [-0.15, -0.1) is 0 Å². The molecule has 24 heavy (non-hydrogen) atoms. The first-order chi connectivity index (χ1) is 11.5. The van der Waals surface area contributed by atoms with E-state index in [2.05, 4.69) is 10.3 Å². The van der Waals surface area contributed by atoms with E-state index in [0.717, 1.165) is 27.6 Å². The van der Waals surface area contributed by atoms with Gasteiger partial charge >= 0.3 is 0 Å². The maximum Gasteiger partial charge on any atom is 0.251 e. The van der Waals surface area contributed by atoms with Crippen LogP contribution < -0.4 is 10.9 Å². The third-order valence-electron chi connectivity index (χ3n) is 4.34. The first-order valence-corrected chi connectivity index (χ1v) is 8.01. The van der Waals surface area contributed by atoms with Gasteiger partial charge in [0, 0.05) is 23.1 Å². The fraction of sp³-hybridized carbons (Fsp3) is 0.200. The Hall–Kier alpha value is -2.88. The van der Waals surface area contributed by atoms with Crippen LogP contribution in [0.4, 0.5) is 5.69 Å². The van der Waals surface area contributed by atoms with Gasteiger partial charge in [0.1, 0.15) is 0 Å². The smallest absolute Gasteiger partial charge is 0.251 e. The number of fused-ring (bicyclic) bond motifs is 1. The van der Waals surface area contributed by atoms with Gasteiger partial charge < -0.3 is 10.3 Å². The van der Waals surface area contributed by atoms with E-state index in [-0.39, 0.29) is 11.5 Å². The highest BCUT2D eigenvalue weighted by molar-refractivity contribution is 5.94. The Balaban J connectivity index is 1.74. The summed E-state index contributed by atoms with van der Waals surface area (Å²) in [6.45, 7) is 3.75. The van der Waals surface area contributed by atoms with Crippen LogP contribution in [0.3, 0.4) is 0 Å². The number of pyridine rings is 1. The molecule has 0 saturated heterocycles. The second-order valence-corrected chi connectivity index (χ2v) is 6.00. The standard InChI is InChI=1S/C20H20N2O2/c1-13-14(2)20(24)22-18-12-16(9-10-17(13)18)21-19(23)11-8-15-6-4-3-5-7-15/h3-7,9-10,12H,8,11H2,1-2H3,(H,21,23)(H,22,24). The molecule has 1 heterocycles. The minimum Gasteiger partial charge on any atom is -0.326 e. The Morgan fingerprint density at radius 1 is 1.04 bits per heavy atom. The Labute approximate surface area is 140 Å². The summed E-state index contributed by atoms with van der Waals surface area (Å²) in [5.74, 6) is -0.0376. The van der Waals surface area contributed by atoms with Gasteiger partial charge in [-0.3, -0.25) is 9.59 Å². The molecule has 0 unspecified atom stereocenters. The van der Waals surface area contributed by atoms with Crippen LogP contribution in [0.1, 0.15) is 23.1 Å². The lowest BCUT2D eigenvalue weighted by Gasteiger charge is -2.09. The van der Waals surface area contributed by atoms with E-state index in [1.54, 1.807) is 0 Å². The lowest BCUT2D eigenvalue weighted by molar-refractivity contribution is -0.116. The summed E-state index contributed by atoms with van der Waals surface area (Å²) in [7, 11) is 0. The highest BCUT2D eigenvalue weighted by atomic mass is 16.1. The first kappa shape index (κ1) is 16.0. The maximum atomic E-state index is 12.1. The Kier molecular flexibility index (Phi) is 4.47. The zero-order chi connectivity index (χ0) is 17.1. The maximum absolute atomic E-state index is 12.1. The van der Waals surface area contributed by atoms with Crippen LogP contribution in [-0.4, -0.2) is 10.9 Å². The summed E-state index contributed by atoms with van der Waals surface area (Å²) < 4.78 is 0. The molecule has 1 amide bonds. The number of carbonyl (C=O) groups is 1. The summed E-state index contributed by atoms with van der Waals surface area (Å²) in [6.07, 6.45) is 1.13. The summed E-state index contributed by atoms with van der Waals surface area (Å²) in [4.78, 5) is 26.9. The number of H-pyrrole nitrogens is 1. The molecule has 122 valence electrons.